The van der Waals surface area contributed by atoms with Gasteiger partial charge in [-0.05, 0) is 11.1 Å². The van der Waals surface area contributed by atoms with E-state index in [-0.39, 0.29) is 23.7 Å². The Morgan fingerprint density at radius 2 is 1.33 bits per heavy atom. The van der Waals surface area contributed by atoms with Crippen molar-refractivity contribution in [3.05, 3.63) is 71.8 Å². The minimum absolute atomic E-state index is 0.111. The largest absolute Gasteiger partial charge is 0.480 e. The fourth-order valence-corrected chi connectivity index (χ4v) is 3.20. The molecule has 3 N–H and O–H groups in total. The van der Waals surface area contributed by atoms with E-state index in [1.54, 1.807) is 24.3 Å². The number of carboxylic acids is 1. The van der Waals surface area contributed by atoms with Crippen LogP contribution < -0.4 is 10.6 Å². The summed E-state index contributed by atoms with van der Waals surface area (Å²) >= 11 is 0.843. The Balaban J connectivity index is 2.11. The zero-order valence-corrected chi connectivity index (χ0v) is 17.4. The zero-order chi connectivity index (χ0) is 21.9. The molecule has 30 heavy (non-hydrogen) atoms. The number of carbonyl (C=O) groups is 4. The number of carboxylic acid groups (broad SMARTS) is 1. The summed E-state index contributed by atoms with van der Waals surface area (Å²) in [6.45, 7) is 1.35. The van der Waals surface area contributed by atoms with E-state index in [1.165, 1.54) is 6.92 Å². The van der Waals surface area contributed by atoms with E-state index >= 15 is 0 Å². The number of rotatable bonds is 10. The van der Waals surface area contributed by atoms with E-state index in [2.05, 4.69) is 10.6 Å². The standard InChI is InChI=1S/C22H24N2O5S/c1-15(25)30-14-20(26)23-18(12-16-8-4-2-5-9-16)21(27)24-19(22(28)29)13-17-10-6-3-7-11-17/h2-11,18-19H,12-14H2,1H3,(H,23,26)(H,24,27)(H,28,29)/t18-,19-/m0/s1. The Morgan fingerprint density at radius 1 is 0.833 bits per heavy atom. The first-order valence-corrected chi connectivity index (χ1v) is 10.4. The lowest BCUT2D eigenvalue weighted by Crippen LogP contribution is -2.53. The van der Waals surface area contributed by atoms with Crippen molar-refractivity contribution < 1.29 is 24.3 Å². The molecule has 0 bridgehead atoms. The van der Waals surface area contributed by atoms with Crippen LogP contribution in [0.4, 0.5) is 0 Å². The van der Waals surface area contributed by atoms with Crippen molar-refractivity contribution in [2.75, 3.05) is 5.75 Å². The highest BCUT2D eigenvalue weighted by Crippen LogP contribution is 2.08. The molecule has 0 aliphatic carbocycles. The minimum atomic E-state index is -1.16. The normalized spacial score (nSPS) is 12.4. The molecule has 0 aromatic heterocycles. The smallest absolute Gasteiger partial charge is 0.326 e. The molecule has 0 fully saturated rings. The zero-order valence-electron chi connectivity index (χ0n) is 16.5. The number of carbonyl (C=O) groups excluding carboxylic acids is 3. The average molecular weight is 429 g/mol. The van der Waals surface area contributed by atoms with Crippen LogP contribution in [-0.2, 0) is 32.0 Å². The highest BCUT2D eigenvalue weighted by molar-refractivity contribution is 8.14. The van der Waals surface area contributed by atoms with Crippen LogP contribution in [0.15, 0.2) is 60.7 Å². The van der Waals surface area contributed by atoms with E-state index in [0.29, 0.717) is 0 Å². The van der Waals surface area contributed by atoms with Crippen LogP contribution in [0.5, 0.6) is 0 Å². The number of nitrogens with one attached hydrogen (secondary N) is 2. The fraction of sp³-hybridized carbons (Fsp3) is 0.273. The SMILES string of the molecule is CC(=O)SCC(=O)N[C@@H](Cc1ccccc1)C(=O)N[C@@H](Cc1ccccc1)C(=O)O. The summed E-state index contributed by atoms with van der Waals surface area (Å²) in [6.07, 6.45) is 0.314. The quantitative estimate of drug-likeness (QED) is 0.532. The molecule has 0 spiro atoms. The summed E-state index contributed by atoms with van der Waals surface area (Å²) in [7, 11) is 0. The van der Waals surface area contributed by atoms with Gasteiger partial charge in [-0.2, -0.15) is 0 Å². The lowest BCUT2D eigenvalue weighted by molar-refractivity contribution is -0.142. The van der Waals surface area contributed by atoms with Gasteiger partial charge in [-0.3, -0.25) is 14.4 Å². The third-order valence-electron chi connectivity index (χ3n) is 4.24. The monoisotopic (exact) mass is 428 g/mol. The van der Waals surface area contributed by atoms with Gasteiger partial charge in [0.25, 0.3) is 0 Å². The van der Waals surface area contributed by atoms with Gasteiger partial charge in [0.05, 0.1) is 5.75 Å². The number of hydrogen-bond donors (Lipinski definition) is 3. The van der Waals surface area contributed by atoms with Crippen molar-refractivity contribution in [1.29, 1.82) is 0 Å². The Hall–Kier alpha value is -3.13. The maximum Gasteiger partial charge on any atom is 0.326 e. The number of benzene rings is 2. The predicted octanol–water partition coefficient (Wildman–Crippen LogP) is 1.81. The van der Waals surface area contributed by atoms with Crippen LogP contribution in [0.3, 0.4) is 0 Å². The molecular weight excluding hydrogens is 404 g/mol. The van der Waals surface area contributed by atoms with Crippen molar-refractivity contribution in [3.8, 4) is 0 Å². The van der Waals surface area contributed by atoms with Crippen molar-refractivity contribution in [3.63, 3.8) is 0 Å². The molecule has 0 aliphatic heterocycles. The Kier molecular flexibility index (Phi) is 9.08. The third-order valence-corrected chi connectivity index (χ3v) is 5.05. The van der Waals surface area contributed by atoms with Gasteiger partial charge in [0.2, 0.25) is 11.8 Å². The van der Waals surface area contributed by atoms with Gasteiger partial charge < -0.3 is 15.7 Å². The highest BCUT2D eigenvalue weighted by atomic mass is 32.2. The van der Waals surface area contributed by atoms with Crippen LogP contribution in [0.2, 0.25) is 0 Å². The van der Waals surface area contributed by atoms with Gasteiger partial charge in [0.15, 0.2) is 5.12 Å². The van der Waals surface area contributed by atoms with Gasteiger partial charge in [0.1, 0.15) is 12.1 Å². The van der Waals surface area contributed by atoms with Gasteiger partial charge >= 0.3 is 5.97 Å². The van der Waals surface area contributed by atoms with E-state index in [0.717, 1.165) is 22.9 Å². The molecule has 0 aliphatic rings. The van der Waals surface area contributed by atoms with Crippen LogP contribution in [0, 0.1) is 0 Å². The summed E-state index contributed by atoms with van der Waals surface area (Å²) in [6, 6.07) is 16.0. The second-order valence-corrected chi connectivity index (χ2v) is 7.83. The topological polar surface area (TPSA) is 113 Å². The van der Waals surface area contributed by atoms with Crippen LogP contribution in [0.25, 0.3) is 0 Å². The Bertz CT molecular complexity index is 874. The van der Waals surface area contributed by atoms with E-state index in [9.17, 15) is 24.3 Å². The van der Waals surface area contributed by atoms with Crippen LogP contribution in [0.1, 0.15) is 18.1 Å². The summed E-state index contributed by atoms with van der Waals surface area (Å²) < 4.78 is 0. The molecule has 7 nitrogen and oxygen atoms in total. The first kappa shape index (κ1) is 23.2. The maximum absolute atomic E-state index is 12.9. The first-order valence-electron chi connectivity index (χ1n) is 9.39. The molecule has 0 unspecified atom stereocenters. The first-order chi connectivity index (χ1) is 14.3. The van der Waals surface area contributed by atoms with Crippen molar-refractivity contribution in [2.45, 2.75) is 31.8 Å². The van der Waals surface area contributed by atoms with Crippen molar-refractivity contribution in [2.24, 2.45) is 0 Å². The molecule has 0 saturated carbocycles. The summed E-state index contributed by atoms with van der Waals surface area (Å²) in [4.78, 5) is 47.8. The number of amides is 2. The second kappa shape index (κ2) is 11.8. The molecule has 2 aromatic carbocycles. The predicted molar refractivity (Wildman–Crippen MR) is 115 cm³/mol. The number of thioether (sulfide) groups is 1. The fourth-order valence-electron chi connectivity index (χ4n) is 2.78. The average Bonchev–Trinajstić information content (AvgIpc) is 2.72. The van der Waals surface area contributed by atoms with Crippen LogP contribution >= 0.6 is 11.8 Å². The third kappa shape index (κ3) is 8.08. The lowest BCUT2D eigenvalue weighted by Gasteiger charge is -2.22. The highest BCUT2D eigenvalue weighted by Gasteiger charge is 2.27. The molecule has 0 saturated heterocycles. The molecule has 0 heterocycles. The lowest BCUT2D eigenvalue weighted by atomic mass is 10.0. The van der Waals surface area contributed by atoms with Gasteiger partial charge in [-0.25, -0.2) is 4.79 Å². The van der Waals surface area contributed by atoms with Crippen molar-refractivity contribution >= 4 is 34.7 Å². The molecular formula is C22H24N2O5S. The van der Waals surface area contributed by atoms with Gasteiger partial charge in [-0.1, -0.05) is 72.4 Å². The van der Waals surface area contributed by atoms with Crippen molar-refractivity contribution in [1.82, 2.24) is 10.6 Å². The van der Waals surface area contributed by atoms with E-state index in [1.807, 2.05) is 36.4 Å². The Labute approximate surface area is 179 Å². The number of aliphatic carboxylic acids is 1. The minimum Gasteiger partial charge on any atom is -0.480 e. The molecule has 2 rings (SSSR count). The van der Waals surface area contributed by atoms with Gasteiger partial charge in [0, 0.05) is 19.8 Å². The molecule has 2 aromatic rings. The van der Waals surface area contributed by atoms with Gasteiger partial charge in [-0.15, -0.1) is 0 Å². The summed E-state index contributed by atoms with van der Waals surface area (Å²) in [5.41, 5.74) is 1.58. The summed E-state index contributed by atoms with van der Waals surface area (Å²) in [5, 5.41) is 14.5. The molecule has 0 radical (unpaired) electrons. The molecule has 158 valence electrons. The van der Waals surface area contributed by atoms with Crippen LogP contribution in [-0.4, -0.2) is 45.8 Å². The molecule has 8 heteroatoms. The van der Waals surface area contributed by atoms with E-state index < -0.39 is 29.9 Å². The second-order valence-electron chi connectivity index (χ2n) is 6.68. The van der Waals surface area contributed by atoms with E-state index in [4.69, 9.17) is 0 Å². The molecule has 2 amide bonds. The number of hydrogen-bond acceptors (Lipinski definition) is 5. The Morgan fingerprint density at radius 3 is 1.80 bits per heavy atom. The maximum atomic E-state index is 12.9. The summed E-state index contributed by atoms with van der Waals surface area (Å²) in [5.74, 6) is -2.34. The molecule has 2 atom stereocenters.